The van der Waals surface area contributed by atoms with Gasteiger partial charge in [0.05, 0.1) is 6.04 Å². The summed E-state index contributed by atoms with van der Waals surface area (Å²) >= 11 is 0. The molecule has 1 heterocycles. The summed E-state index contributed by atoms with van der Waals surface area (Å²) in [6, 6.07) is 13.6. The van der Waals surface area contributed by atoms with Gasteiger partial charge in [0.25, 0.3) is 0 Å². The molecule has 2 nitrogen and oxygen atoms in total. The summed E-state index contributed by atoms with van der Waals surface area (Å²) < 4.78 is 26.5. The average molecular weight is 302 g/mol. The Hall–Kier alpha value is -1.78. The second-order valence-electron chi connectivity index (χ2n) is 5.80. The fourth-order valence-electron chi connectivity index (χ4n) is 3.11. The molecule has 1 aliphatic heterocycles. The highest BCUT2D eigenvalue weighted by atomic mass is 19.1. The van der Waals surface area contributed by atoms with E-state index in [1.807, 2.05) is 24.3 Å². The van der Waals surface area contributed by atoms with E-state index in [1.54, 1.807) is 0 Å². The predicted octanol–water partition coefficient (Wildman–Crippen LogP) is 3.35. The summed E-state index contributed by atoms with van der Waals surface area (Å²) in [6.07, 6.45) is 0. The monoisotopic (exact) mass is 302 g/mol. The van der Waals surface area contributed by atoms with Crippen molar-refractivity contribution >= 4 is 0 Å². The van der Waals surface area contributed by atoms with Crippen LogP contribution in [0.2, 0.25) is 0 Å². The number of piperazine rings is 1. The second-order valence-corrected chi connectivity index (χ2v) is 5.80. The first-order valence-corrected chi connectivity index (χ1v) is 7.62. The Labute approximate surface area is 129 Å². The Kier molecular flexibility index (Phi) is 4.50. The fraction of sp³-hybridized carbons (Fsp3) is 0.333. The Morgan fingerprint density at radius 2 is 1.45 bits per heavy atom. The molecule has 1 saturated heterocycles. The van der Waals surface area contributed by atoms with Crippen molar-refractivity contribution in [3.05, 3.63) is 71.3 Å². The van der Waals surface area contributed by atoms with Gasteiger partial charge in [0, 0.05) is 25.7 Å². The van der Waals surface area contributed by atoms with Crippen LogP contribution in [-0.2, 0) is 0 Å². The molecule has 1 atom stereocenters. The molecule has 0 aliphatic carbocycles. The third-order valence-electron chi connectivity index (χ3n) is 4.26. The minimum atomic E-state index is -0.241. The van der Waals surface area contributed by atoms with Crippen molar-refractivity contribution in [1.29, 1.82) is 0 Å². The number of hydrogen-bond acceptors (Lipinski definition) is 2. The second kappa shape index (κ2) is 6.55. The van der Waals surface area contributed by atoms with Gasteiger partial charge in [-0.15, -0.1) is 0 Å². The van der Waals surface area contributed by atoms with E-state index in [0.29, 0.717) is 6.04 Å². The molecule has 4 heteroatoms. The van der Waals surface area contributed by atoms with E-state index in [9.17, 15) is 8.78 Å². The molecule has 0 bridgehead atoms. The normalized spacial score (nSPS) is 19.5. The number of hydrogen-bond donors (Lipinski definition) is 1. The van der Waals surface area contributed by atoms with Crippen LogP contribution in [0.5, 0.6) is 0 Å². The summed E-state index contributed by atoms with van der Waals surface area (Å²) in [5, 5.41) is 3.38. The minimum absolute atomic E-state index is 0.0123. The largest absolute Gasteiger partial charge is 0.314 e. The van der Waals surface area contributed by atoms with Gasteiger partial charge in [-0.2, -0.15) is 0 Å². The summed E-state index contributed by atoms with van der Waals surface area (Å²) in [4.78, 5) is 2.39. The fourth-order valence-corrected chi connectivity index (χ4v) is 3.11. The van der Waals surface area contributed by atoms with Crippen molar-refractivity contribution in [3.8, 4) is 0 Å². The van der Waals surface area contributed by atoms with Gasteiger partial charge in [0.15, 0.2) is 0 Å². The molecule has 1 aliphatic rings. The van der Waals surface area contributed by atoms with Gasteiger partial charge in [-0.05, 0) is 42.3 Å². The quantitative estimate of drug-likeness (QED) is 0.935. The lowest BCUT2D eigenvalue weighted by molar-refractivity contribution is 0.136. The van der Waals surface area contributed by atoms with Gasteiger partial charge < -0.3 is 5.32 Å². The molecule has 1 N–H and O–H groups in total. The lowest BCUT2D eigenvalue weighted by Gasteiger charge is -2.40. The maximum absolute atomic E-state index is 13.3. The van der Waals surface area contributed by atoms with E-state index in [4.69, 9.17) is 0 Å². The topological polar surface area (TPSA) is 15.3 Å². The summed E-state index contributed by atoms with van der Waals surface area (Å²) in [5.74, 6) is -0.482. The first-order chi connectivity index (χ1) is 10.6. The van der Waals surface area contributed by atoms with E-state index in [1.165, 1.54) is 24.3 Å². The van der Waals surface area contributed by atoms with Crippen LogP contribution in [0.3, 0.4) is 0 Å². The van der Waals surface area contributed by atoms with Gasteiger partial charge >= 0.3 is 0 Å². The van der Waals surface area contributed by atoms with Crippen molar-refractivity contribution in [2.45, 2.75) is 19.0 Å². The Bertz CT molecular complexity index is 564. The molecular formula is C18H20F2N2. The lowest BCUT2D eigenvalue weighted by Crippen LogP contribution is -2.51. The molecule has 116 valence electrons. The summed E-state index contributed by atoms with van der Waals surface area (Å²) in [6.45, 7) is 4.91. The van der Waals surface area contributed by atoms with Crippen LogP contribution in [0.15, 0.2) is 48.5 Å². The van der Waals surface area contributed by atoms with E-state index in [2.05, 4.69) is 17.1 Å². The predicted molar refractivity (Wildman–Crippen MR) is 83.7 cm³/mol. The van der Waals surface area contributed by atoms with E-state index in [-0.39, 0.29) is 17.7 Å². The van der Waals surface area contributed by atoms with Gasteiger partial charge in [-0.3, -0.25) is 4.90 Å². The van der Waals surface area contributed by atoms with Crippen LogP contribution in [0.4, 0.5) is 8.78 Å². The van der Waals surface area contributed by atoms with Crippen molar-refractivity contribution < 1.29 is 8.78 Å². The maximum atomic E-state index is 13.3. The van der Waals surface area contributed by atoms with Crippen molar-refractivity contribution in [2.75, 3.05) is 19.6 Å². The van der Waals surface area contributed by atoms with Crippen LogP contribution in [-0.4, -0.2) is 30.6 Å². The Balaban J connectivity index is 2.01. The molecule has 0 amide bonds. The van der Waals surface area contributed by atoms with E-state index < -0.39 is 0 Å². The van der Waals surface area contributed by atoms with E-state index in [0.717, 1.165) is 30.8 Å². The number of nitrogens with zero attached hydrogens (tertiary/aromatic N) is 1. The Morgan fingerprint density at radius 3 is 1.91 bits per heavy atom. The van der Waals surface area contributed by atoms with Crippen molar-refractivity contribution in [3.63, 3.8) is 0 Å². The van der Waals surface area contributed by atoms with Crippen LogP contribution >= 0.6 is 0 Å². The first kappa shape index (κ1) is 15.1. The smallest absolute Gasteiger partial charge is 0.123 e. The number of nitrogens with one attached hydrogen (secondary N) is 1. The van der Waals surface area contributed by atoms with Gasteiger partial charge in [0.1, 0.15) is 11.6 Å². The maximum Gasteiger partial charge on any atom is 0.123 e. The summed E-state index contributed by atoms with van der Waals surface area (Å²) in [7, 11) is 0. The molecule has 0 radical (unpaired) electrons. The molecule has 0 saturated carbocycles. The van der Waals surface area contributed by atoms with Crippen molar-refractivity contribution in [1.82, 2.24) is 10.2 Å². The van der Waals surface area contributed by atoms with Crippen LogP contribution in [0, 0.1) is 11.6 Å². The zero-order chi connectivity index (χ0) is 15.5. The molecule has 2 aromatic rings. The first-order valence-electron chi connectivity index (χ1n) is 7.62. The zero-order valence-electron chi connectivity index (χ0n) is 12.6. The highest BCUT2D eigenvalue weighted by Gasteiger charge is 2.28. The zero-order valence-corrected chi connectivity index (χ0v) is 12.6. The number of benzene rings is 2. The van der Waals surface area contributed by atoms with Gasteiger partial charge in [0.2, 0.25) is 0 Å². The van der Waals surface area contributed by atoms with Crippen LogP contribution in [0.1, 0.15) is 24.1 Å². The van der Waals surface area contributed by atoms with Gasteiger partial charge in [-0.25, -0.2) is 8.78 Å². The SMILES string of the molecule is CC1CNCCN1C(c1ccc(F)cc1)c1ccc(F)cc1. The average Bonchev–Trinajstić information content (AvgIpc) is 2.53. The molecule has 0 spiro atoms. The molecule has 3 rings (SSSR count). The molecular weight excluding hydrogens is 282 g/mol. The molecule has 0 aromatic heterocycles. The molecule has 1 unspecified atom stereocenters. The van der Waals surface area contributed by atoms with Crippen molar-refractivity contribution in [2.24, 2.45) is 0 Å². The van der Waals surface area contributed by atoms with Crippen LogP contribution in [0.25, 0.3) is 0 Å². The molecule has 2 aromatic carbocycles. The number of halogens is 2. The summed E-state index contributed by atoms with van der Waals surface area (Å²) in [5.41, 5.74) is 2.06. The van der Waals surface area contributed by atoms with Gasteiger partial charge in [-0.1, -0.05) is 24.3 Å². The Morgan fingerprint density at radius 1 is 0.955 bits per heavy atom. The number of rotatable bonds is 3. The highest BCUT2D eigenvalue weighted by Crippen LogP contribution is 2.31. The molecule has 22 heavy (non-hydrogen) atoms. The highest BCUT2D eigenvalue weighted by molar-refractivity contribution is 5.32. The standard InChI is InChI=1S/C18H20F2N2/c1-13-12-21-10-11-22(13)18(14-2-6-16(19)7-3-14)15-4-8-17(20)9-5-15/h2-9,13,18,21H,10-12H2,1H3. The minimum Gasteiger partial charge on any atom is -0.314 e. The molecule has 1 fully saturated rings. The lowest BCUT2D eigenvalue weighted by atomic mass is 9.95. The van der Waals surface area contributed by atoms with E-state index >= 15 is 0 Å². The third kappa shape index (κ3) is 3.18. The third-order valence-corrected chi connectivity index (χ3v) is 4.26. The van der Waals surface area contributed by atoms with Crippen LogP contribution < -0.4 is 5.32 Å².